The van der Waals surface area contributed by atoms with Gasteiger partial charge in [0.25, 0.3) is 0 Å². The average molecular weight is 230 g/mol. The molecule has 1 fully saturated rings. The predicted molar refractivity (Wildman–Crippen MR) is 56.1 cm³/mol. The number of nitrogens with zero attached hydrogens (tertiary/aromatic N) is 3. The van der Waals surface area contributed by atoms with Crippen LogP contribution in [0.4, 0.5) is 5.82 Å². The molecule has 1 atom stereocenters. The summed E-state index contributed by atoms with van der Waals surface area (Å²) in [7, 11) is 0. The van der Waals surface area contributed by atoms with Crippen LogP contribution >= 0.6 is 11.6 Å². The molecule has 0 spiro atoms. The molecule has 1 aromatic heterocycles. The van der Waals surface area contributed by atoms with Crippen LogP contribution in [0, 0.1) is 0 Å². The highest BCUT2D eigenvalue weighted by Crippen LogP contribution is 2.16. The first-order valence-corrected chi connectivity index (χ1v) is 5.12. The lowest BCUT2D eigenvalue weighted by molar-refractivity contribution is 0.0722. The van der Waals surface area contributed by atoms with E-state index in [-0.39, 0.29) is 12.6 Å². The summed E-state index contributed by atoms with van der Waals surface area (Å²) in [6.07, 6.45) is 3.11. The smallest absolute Gasteiger partial charge is 0.147 e. The minimum Gasteiger partial charge on any atom is -0.394 e. The van der Waals surface area contributed by atoms with E-state index in [4.69, 9.17) is 16.3 Å². The van der Waals surface area contributed by atoms with Crippen LogP contribution in [-0.2, 0) is 4.74 Å². The van der Waals surface area contributed by atoms with Gasteiger partial charge in [-0.1, -0.05) is 11.6 Å². The van der Waals surface area contributed by atoms with Gasteiger partial charge in [-0.25, -0.2) is 9.97 Å². The van der Waals surface area contributed by atoms with Crippen LogP contribution in [0.25, 0.3) is 0 Å². The van der Waals surface area contributed by atoms with Gasteiger partial charge >= 0.3 is 0 Å². The largest absolute Gasteiger partial charge is 0.394 e. The highest BCUT2D eigenvalue weighted by Gasteiger charge is 2.23. The van der Waals surface area contributed by atoms with Crippen molar-refractivity contribution in [2.75, 3.05) is 31.3 Å². The maximum atomic E-state index is 9.18. The number of halogens is 1. The SMILES string of the molecule is OCC1COCCN1c1cnc(Cl)cn1. The molecule has 2 heterocycles. The topological polar surface area (TPSA) is 58.5 Å². The lowest BCUT2D eigenvalue weighted by Crippen LogP contribution is -2.48. The van der Waals surface area contributed by atoms with Crippen molar-refractivity contribution < 1.29 is 9.84 Å². The van der Waals surface area contributed by atoms with Crippen LogP contribution in [-0.4, -0.2) is 47.5 Å². The van der Waals surface area contributed by atoms with Gasteiger partial charge in [-0.2, -0.15) is 0 Å². The second kappa shape index (κ2) is 4.74. The maximum Gasteiger partial charge on any atom is 0.147 e. The Labute approximate surface area is 92.7 Å². The van der Waals surface area contributed by atoms with E-state index in [0.29, 0.717) is 24.9 Å². The monoisotopic (exact) mass is 229 g/mol. The molecule has 82 valence electrons. The molecule has 1 aliphatic rings. The van der Waals surface area contributed by atoms with Gasteiger partial charge in [0.2, 0.25) is 0 Å². The highest BCUT2D eigenvalue weighted by molar-refractivity contribution is 6.29. The first-order valence-electron chi connectivity index (χ1n) is 4.74. The Balaban J connectivity index is 2.16. The van der Waals surface area contributed by atoms with E-state index in [0.717, 1.165) is 5.82 Å². The Hall–Kier alpha value is -0.910. The summed E-state index contributed by atoms with van der Waals surface area (Å²) in [6, 6.07) is -0.0470. The number of hydrogen-bond acceptors (Lipinski definition) is 5. The zero-order valence-electron chi connectivity index (χ0n) is 8.14. The number of aliphatic hydroxyl groups excluding tert-OH is 1. The molecule has 15 heavy (non-hydrogen) atoms. The Bertz CT molecular complexity index is 320. The molecule has 1 aromatic rings. The van der Waals surface area contributed by atoms with Crippen LogP contribution < -0.4 is 4.90 Å². The third-order valence-corrected chi connectivity index (χ3v) is 2.53. The van der Waals surface area contributed by atoms with Gasteiger partial charge in [0.1, 0.15) is 11.0 Å². The summed E-state index contributed by atoms with van der Waals surface area (Å²) in [4.78, 5) is 10.1. The molecule has 0 amide bonds. The van der Waals surface area contributed by atoms with Crippen molar-refractivity contribution in [2.45, 2.75) is 6.04 Å². The fraction of sp³-hybridized carbons (Fsp3) is 0.556. The summed E-state index contributed by atoms with van der Waals surface area (Å²) < 4.78 is 5.27. The fourth-order valence-corrected chi connectivity index (χ4v) is 1.66. The van der Waals surface area contributed by atoms with E-state index in [1.165, 1.54) is 6.20 Å². The van der Waals surface area contributed by atoms with Gasteiger partial charge in [-0.3, -0.25) is 0 Å². The van der Waals surface area contributed by atoms with Crippen LogP contribution in [0.3, 0.4) is 0 Å². The molecule has 2 rings (SSSR count). The van der Waals surface area contributed by atoms with E-state index in [1.807, 2.05) is 4.90 Å². The molecule has 1 unspecified atom stereocenters. The number of ether oxygens (including phenoxy) is 1. The predicted octanol–water partition coefficient (Wildman–Crippen LogP) is 0.327. The van der Waals surface area contributed by atoms with Crippen molar-refractivity contribution >= 4 is 17.4 Å². The number of aromatic nitrogens is 2. The Morgan fingerprint density at radius 3 is 3.07 bits per heavy atom. The summed E-state index contributed by atoms with van der Waals surface area (Å²) in [5.74, 6) is 0.724. The highest BCUT2D eigenvalue weighted by atomic mass is 35.5. The number of aliphatic hydroxyl groups is 1. The molecule has 6 heteroatoms. The van der Waals surface area contributed by atoms with Gasteiger partial charge in [0.15, 0.2) is 0 Å². The zero-order chi connectivity index (χ0) is 10.7. The zero-order valence-corrected chi connectivity index (χ0v) is 8.89. The van der Waals surface area contributed by atoms with E-state index in [9.17, 15) is 5.11 Å². The fourth-order valence-electron chi connectivity index (χ4n) is 1.56. The molecular formula is C9H12ClN3O2. The van der Waals surface area contributed by atoms with Crippen LogP contribution in [0.15, 0.2) is 12.4 Å². The van der Waals surface area contributed by atoms with E-state index >= 15 is 0 Å². The third-order valence-electron chi connectivity index (χ3n) is 2.34. The summed E-state index contributed by atoms with van der Waals surface area (Å²) in [5, 5.41) is 9.55. The van der Waals surface area contributed by atoms with Crippen molar-refractivity contribution in [2.24, 2.45) is 0 Å². The third kappa shape index (κ3) is 2.37. The van der Waals surface area contributed by atoms with Gasteiger partial charge in [-0.05, 0) is 0 Å². The molecule has 0 saturated carbocycles. The quantitative estimate of drug-likeness (QED) is 0.792. The molecular weight excluding hydrogens is 218 g/mol. The summed E-state index contributed by atoms with van der Waals surface area (Å²) >= 11 is 5.65. The molecule has 0 aromatic carbocycles. The molecule has 1 saturated heterocycles. The van der Waals surface area contributed by atoms with Crippen molar-refractivity contribution in [1.82, 2.24) is 9.97 Å². The van der Waals surface area contributed by atoms with Gasteiger partial charge in [0.05, 0.1) is 38.3 Å². The molecule has 0 aliphatic carbocycles. The van der Waals surface area contributed by atoms with E-state index < -0.39 is 0 Å². The number of anilines is 1. The van der Waals surface area contributed by atoms with Crippen molar-refractivity contribution in [1.29, 1.82) is 0 Å². The lowest BCUT2D eigenvalue weighted by Gasteiger charge is -2.35. The first-order chi connectivity index (χ1) is 7.31. The first kappa shape index (κ1) is 10.6. The summed E-state index contributed by atoms with van der Waals surface area (Å²) in [6.45, 7) is 1.91. The Morgan fingerprint density at radius 2 is 2.40 bits per heavy atom. The van der Waals surface area contributed by atoms with Crippen molar-refractivity contribution in [3.8, 4) is 0 Å². The molecule has 0 radical (unpaired) electrons. The number of morpholine rings is 1. The minimum absolute atomic E-state index is 0.0459. The number of hydrogen-bond donors (Lipinski definition) is 1. The molecule has 0 bridgehead atoms. The van der Waals surface area contributed by atoms with Crippen LogP contribution in [0.1, 0.15) is 0 Å². The second-order valence-electron chi connectivity index (χ2n) is 3.30. The normalized spacial score (nSPS) is 21.7. The van der Waals surface area contributed by atoms with Gasteiger partial charge in [0, 0.05) is 6.54 Å². The lowest BCUT2D eigenvalue weighted by atomic mass is 10.2. The van der Waals surface area contributed by atoms with E-state index in [1.54, 1.807) is 6.20 Å². The average Bonchev–Trinajstić information content (AvgIpc) is 2.30. The molecule has 1 N–H and O–H groups in total. The van der Waals surface area contributed by atoms with Gasteiger partial charge < -0.3 is 14.7 Å². The standard InChI is InChI=1S/C9H12ClN3O2/c10-8-3-12-9(4-11-8)13-1-2-15-6-7(13)5-14/h3-4,7,14H,1-2,5-6H2. The Morgan fingerprint density at radius 1 is 1.53 bits per heavy atom. The minimum atomic E-state index is -0.0470. The van der Waals surface area contributed by atoms with Crippen LogP contribution in [0.2, 0.25) is 5.15 Å². The summed E-state index contributed by atoms with van der Waals surface area (Å²) in [5.41, 5.74) is 0. The second-order valence-corrected chi connectivity index (χ2v) is 3.69. The van der Waals surface area contributed by atoms with E-state index in [2.05, 4.69) is 9.97 Å². The van der Waals surface area contributed by atoms with Crippen molar-refractivity contribution in [3.05, 3.63) is 17.5 Å². The maximum absolute atomic E-state index is 9.18. The molecule has 1 aliphatic heterocycles. The van der Waals surface area contributed by atoms with Crippen molar-refractivity contribution in [3.63, 3.8) is 0 Å². The Kier molecular flexibility index (Phi) is 3.35. The van der Waals surface area contributed by atoms with Gasteiger partial charge in [-0.15, -0.1) is 0 Å². The number of rotatable bonds is 2. The molecule has 5 nitrogen and oxygen atoms in total. The van der Waals surface area contributed by atoms with Crippen LogP contribution in [0.5, 0.6) is 0 Å².